The van der Waals surface area contributed by atoms with Gasteiger partial charge in [0.15, 0.2) is 4.90 Å². The van der Waals surface area contributed by atoms with E-state index in [1.54, 1.807) is 18.9 Å². The van der Waals surface area contributed by atoms with Crippen molar-refractivity contribution in [1.82, 2.24) is 9.21 Å². The number of carbonyl (C=O) groups is 1. The molecule has 4 rings (SSSR count). The van der Waals surface area contributed by atoms with E-state index < -0.39 is 32.3 Å². The van der Waals surface area contributed by atoms with Crippen LogP contribution < -0.4 is 0 Å². The number of nitro benzene ring substituents is 1. The van der Waals surface area contributed by atoms with Crippen molar-refractivity contribution in [2.24, 2.45) is 0 Å². The van der Waals surface area contributed by atoms with Gasteiger partial charge in [-0.05, 0) is 38.7 Å². The highest BCUT2D eigenvalue weighted by Gasteiger charge is 2.56. The van der Waals surface area contributed by atoms with Gasteiger partial charge in [-0.1, -0.05) is 12.1 Å². The number of likely N-dealkylation sites (N-methyl/N-ethyl adjacent to an activating group) is 1. The zero-order valence-electron chi connectivity index (χ0n) is 15.8. The van der Waals surface area contributed by atoms with Gasteiger partial charge in [0.05, 0.1) is 10.5 Å². The second-order valence-corrected chi connectivity index (χ2v) is 9.80. The van der Waals surface area contributed by atoms with Crippen molar-refractivity contribution in [2.45, 2.75) is 61.3 Å². The highest BCUT2D eigenvalue weighted by Crippen LogP contribution is 2.47. The van der Waals surface area contributed by atoms with Crippen molar-refractivity contribution in [3.8, 4) is 0 Å². The van der Waals surface area contributed by atoms with Gasteiger partial charge in [-0.25, -0.2) is 8.42 Å². The van der Waals surface area contributed by atoms with Crippen molar-refractivity contribution >= 4 is 21.6 Å². The lowest BCUT2D eigenvalue weighted by Crippen LogP contribution is -2.63. The van der Waals surface area contributed by atoms with Crippen LogP contribution in [0.1, 0.15) is 32.6 Å². The lowest BCUT2D eigenvalue weighted by molar-refractivity contribution is -0.387. The van der Waals surface area contributed by atoms with E-state index >= 15 is 0 Å². The number of nitro groups is 1. The number of sulfonamides is 1. The Hall–Kier alpha value is -2.04. The average molecular weight is 409 g/mol. The van der Waals surface area contributed by atoms with E-state index in [1.165, 1.54) is 28.6 Å². The van der Waals surface area contributed by atoms with E-state index in [4.69, 9.17) is 4.74 Å². The molecule has 3 fully saturated rings. The smallest absolute Gasteiger partial charge is 0.289 e. The van der Waals surface area contributed by atoms with Gasteiger partial charge in [0, 0.05) is 31.7 Å². The molecule has 28 heavy (non-hydrogen) atoms. The first kappa shape index (κ1) is 19.3. The van der Waals surface area contributed by atoms with Crippen LogP contribution in [0.4, 0.5) is 5.69 Å². The molecule has 3 aliphatic rings. The summed E-state index contributed by atoms with van der Waals surface area (Å²) in [7, 11) is -2.27. The Bertz CT molecular complexity index is 903. The van der Waals surface area contributed by atoms with Gasteiger partial charge in [-0.15, -0.1) is 0 Å². The Labute approximate surface area is 163 Å². The van der Waals surface area contributed by atoms with Gasteiger partial charge in [-0.2, -0.15) is 4.31 Å². The van der Waals surface area contributed by atoms with Gasteiger partial charge in [-0.3, -0.25) is 14.9 Å². The molecule has 3 unspecified atom stereocenters. The fourth-order valence-electron chi connectivity index (χ4n) is 5.10. The van der Waals surface area contributed by atoms with Crippen LogP contribution in [-0.2, 0) is 19.6 Å². The lowest BCUT2D eigenvalue weighted by Gasteiger charge is -2.50. The third-order valence-corrected chi connectivity index (χ3v) is 8.11. The Kier molecular flexibility index (Phi) is 4.48. The summed E-state index contributed by atoms with van der Waals surface area (Å²) < 4.78 is 34.2. The maximum Gasteiger partial charge on any atom is 0.289 e. The maximum atomic E-state index is 13.3. The third kappa shape index (κ3) is 2.90. The van der Waals surface area contributed by atoms with Gasteiger partial charge in [0.2, 0.25) is 10.0 Å². The molecule has 0 aromatic heterocycles. The number of piperidine rings is 1. The Morgan fingerprint density at radius 1 is 1.21 bits per heavy atom. The molecule has 1 aromatic rings. The Balaban J connectivity index is 1.66. The summed E-state index contributed by atoms with van der Waals surface area (Å²) in [5.74, 6) is -0.0760. The summed E-state index contributed by atoms with van der Waals surface area (Å²) in [5.41, 5.74) is -0.974. The molecule has 1 spiro atoms. The minimum Gasteiger partial charge on any atom is -0.360 e. The molecule has 3 heterocycles. The quantitative estimate of drug-likeness (QED) is 0.553. The number of nitrogens with zero attached hydrogens (tertiary/aromatic N) is 3. The predicted octanol–water partition coefficient (Wildman–Crippen LogP) is 1.53. The van der Waals surface area contributed by atoms with E-state index in [0.717, 1.165) is 0 Å². The first-order valence-electron chi connectivity index (χ1n) is 9.34. The highest BCUT2D eigenvalue weighted by molar-refractivity contribution is 7.89. The van der Waals surface area contributed by atoms with Crippen molar-refractivity contribution in [2.75, 3.05) is 13.6 Å². The first-order valence-corrected chi connectivity index (χ1v) is 10.8. The van der Waals surface area contributed by atoms with E-state index in [0.29, 0.717) is 32.2 Å². The SMILES string of the molecule is CC1OC2(CC3CCC(C2)N3S(=O)(=O)c2ccccc2[N+](=O)[O-])CN(C)C1=O. The van der Waals surface area contributed by atoms with Crippen molar-refractivity contribution < 1.29 is 22.9 Å². The number of rotatable bonds is 3. The molecule has 9 nitrogen and oxygen atoms in total. The van der Waals surface area contributed by atoms with Crippen LogP contribution in [0.5, 0.6) is 0 Å². The summed E-state index contributed by atoms with van der Waals surface area (Å²) in [4.78, 5) is 24.1. The Morgan fingerprint density at radius 3 is 2.39 bits per heavy atom. The zero-order chi connectivity index (χ0) is 20.3. The van der Waals surface area contributed by atoms with Crippen LogP contribution in [0.15, 0.2) is 29.2 Å². The molecule has 2 bridgehead atoms. The van der Waals surface area contributed by atoms with Gasteiger partial charge < -0.3 is 9.64 Å². The second-order valence-electron chi connectivity index (χ2n) is 7.99. The number of hydrogen-bond donors (Lipinski definition) is 0. The monoisotopic (exact) mass is 409 g/mol. The highest BCUT2D eigenvalue weighted by atomic mass is 32.2. The molecule has 0 radical (unpaired) electrons. The molecule has 0 saturated carbocycles. The minimum atomic E-state index is -4.01. The minimum absolute atomic E-state index is 0.0760. The second kappa shape index (κ2) is 6.50. The van der Waals surface area contributed by atoms with Gasteiger partial charge >= 0.3 is 0 Å². The van der Waals surface area contributed by atoms with Crippen LogP contribution >= 0.6 is 0 Å². The van der Waals surface area contributed by atoms with Crippen LogP contribution in [0.2, 0.25) is 0 Å². The van der Waals surface area contributed by atoms with E-state index in [1.807, 2.05) is 0 Å². The van der Waals surface area contributed by atoms with Crippen molar-refractivity contribution in [3.63, 3.8) is 0 Å². The molecule has 3 saturated heterocycles. The molecular weight excluding hydrogens is 386 g/mol. The number of hydrogen-bond acceptors (Lipinski definition) is 6. The number of para-hydroxylation sites is 1. The van der Waals surface area contributed by atoms with Gasteiger partial charge in [0.25, 0.3) is 11.6 Å². The predicted molar refractivity (Wildman–Crippen MR) is 99.1 cm³/mol. The van der Waals surface area contributed by atoms with E-state index in [9.17, 15) is 23.3 Å². The van der Waals surface area contributed by atoms with Crippen LogP contribution in [0.3, 0.4) is 0 Å². The number of carbonyl (C=O) groups excluding carboxylic acids is 1. The Morgan fingerprint density at radius 2 is 1.82 bits per heavy atom. The molecular formula is C18H23N3O6S. The maximum absolute atomic E-state index is 13.3. The van der Waals surface area contributed by atoms with E-state index in [2.05, 4.69) is 0 Å². The molecule has 1 aromatic carbocycles. The number of fused-ring (bicyclic) bond motifs is 2. The summed E-state index contributed by atoms with van der Waals surface area (Å²) in [6.45, 7) is 2.15. The number of morpholine rings is 1. The summed E-state index contributed by atoms with van der Waals surface area (Å²) in [6, 6.07) is 4.88. The fraction of sp³-hybridized carbons (Fsp3) is 0.611. The molecule has 3 atom stereocenters. The molecule has 3 aliphatic heterocycles. The third-order valence-electron chi connectivity index (χ3n) is 6.06. The van der Waals surface area contributed by atoms with Crippen molar-refractivity contribution in [1.29, 1.82) is 0 Å². The summed E-state index contributed by atoms with van der Waals surface area (Å²) in [6.07, 6.45) is 1.76. The average Bonchev–Trinajstić information content (AvgIpc) is 2.93. The van der Waals surface area contributed by atoms with E-state index in [-0.39, 0.29) is 22.9 Å². The lowest BCUT2D eigenvalue weighted by atomic mass is 9.85. The normalized spacial score (nSPS) is 33.4. The molecule has 152 valence electrons. The largest absolute Gasteiger partial charge is 0.360 e. The molecule has 1 amide bonds. The summed E-state index contributed by atoms with van der Waals surface area (Å²) in [5, 5.41) is 11.3. The van der Waals surface area contributed by atoms with Crippen LogP contribution in [-0.4, -0.2) is 65.8 Å². The zero-order valence-corrected chi connectivity index (χ0v) is 16.6. The number of ether oxygens (including phenoxy) is 1. The van der Waals surface area contributed by atoms with Gasteiger partial charge in [0.1, 0.15) is 6.10 Å². The van der Waals surface area contributed by atoms with Crippen molar-refractivity contribution in [3.05, 3.63) is 34.4 Å². The van der Waals surface area contributed by atoms with Crippen LogP contribution in [0, 0.1) is 10.1 Å². The molecule has 0 N–H and O–H groups in total. The number of benzene rings is 1. The fourth-order valence-corrected chi connectivity index (χ4v) is 7.13. The topological polar surface area (TPSA) is 110 Å². The summed E-state index contributed by atoms with van der Waals surface area (Å²) >= 11 is 0. The molecule has 0 aliphatic carbocycles. The van der Waals surface area contributed by atoms with Crippen LogP contribution in [0.25, 0.3) is 0 Å². The molecule has 10 heteroatoms. The first-order chi connectivity index (χ1) is 13.1. The number of amides is 1. The standard InChI is InChI=1S/C18H23N3O6S/c1-12-17(22)19(2)11-18(27-12)9-13-7-8-14(10-18)20(13)28(25,26)16-6-4-3-5-15(16)21(23)24/h3-6,12-14H,7-11H2,1-2H3.